The number of nitrogens with one attached hydrogen (secondary N) is 1. The van der Waals surface area contributed by atoms with E-state index in [9.17, 15) is 13.2 Å². The molecule has 1 unspecified atom stereocenters. The van der Waals surface area contributed by atoms with Crippen LogP contribution in [-0.2, 0) is 12.7 Å². The molecule has 1 aliphatic heterocycles. The first-order chi connectivity index (χ1) is 13.5. The molecule has 142 valence electrons. The summed E-state index contributed by atoms with van der Waals surface area (Å²) >= 11 is 0. The number of hydrogen-bond acceptors (Lipinski definition) is 2. The molecule has 28 heavy (non-hydrogen) atoms. The van der Waals surface area contributed by atoms with Crippen LogP contribution in [0.3, 0.4) is 0 Å². The predicted molar refractivity (Wildman–Crippen MR) is 102 cm³/mol. The molecule has 0 fully saturated rings. The topological polar surface area (TPSA) is 31.9 Å². The molecule has 0 amide bonds. The Morgan fingerprint density at radius 2 is 1.96 bits per heavy atom. The van der Waals surface area contributed by atoms with Gasteiger partial charge in [-0.25, -0.2) is 4.98 Å². The van der Waals surface area contributed by atoms with E-state index in [1.54, 1.807) is 6.20 Å². The van der Waals surface area contributed by atoms with Crippen LogP contribution in [0.15, 0.2) is 60.9 Å². The highest BCUT2D eigenvalue weighted by Crippen LogP contribution is 2.29. The number of aromatic nitrogens is 2. The van der Waals surface area contributed by atoms with E-state index in [0.29, 0.717) is 5.56 Å². The zero-order valence-electron chi connectivity index (χ0n) is 15.0. The summed E-state index contributed by atoms with van der Waals surface area (Å²) in [7, 11) is 0. The van der Waals surface area contributed by atoms with Crippen LogP contribution in [0, 0.1) is 11.8 Å². The molecule has 0 saturated heterocycles. The molecule has 6 heteroatoms. The largest absolute Gasteiger partial charge is 0.416 e. The van der Waals surface area contributed by atoms with Crippen molar-refractivity contribution in [2.75, 3.05) is 6.54 Å². The van der Waals surface area contributed by atoms with Crippen LogP contribution in [0.4, 0.5) is 13.2 Å². The lowest BCUT2D eigenvalue weighted by molar-refractivity contribution is -0.137. The van der Waals surface area contributed by atoms with Crippen LogP contribution in [0.5, 0.6) is 0 Å². The highest BCUT2D eigenvalue weighted by Gasteiger charge is 2.29. The molecule has 0 saturated carbocycles. The fourth-order valence-corrected chi connectivity index (χ4v) is 3.31. The summed E-state index contributed by atoms with van der Waals surface area (Å²) in [6.07, 6.45) is 4.39. The lowest BCUT2D eigenvalue weighted by atomic mass is 10.1. The number of aromatic amines is 1. The Morgan fingerprint density at radius 1 is 1.14 bits per heavy atom. The van der Waals surface area contributed by atoms with Crippen molar-refractivity contribution in [3.8, 4) is 11.8 Å². The van der Waals surface area contributed by atoms with Gasteiger partial charge in [-0.1, -0.05) is 24.0 Å². The number of halogens is 3. The molecule has 3 nitrogen and oxygen atoms in total. The third kappa shape index (κ3) is 3.95. The summed E-state index contributed by atoms with van der Waals surface area (Å²) in [5, 5.41) is 1.09. The minimum Gasteiger partial charge on any atom is -0.346 e. The van der Waals surface area contributed by atoms with Gasteiger partial charge in [0.25, 0.3) is 0 Å². The van der Waals surface area contributed by atoms with E-state index in [1.165, 1.54) is 12.1 Å². The second-order valence-electron chi connectivity index (χ2n) is 6.71. The van der Waals surface area contributed by atoms with Crippen molar-refractivity contribution in [2.24, 2.45) is 0 Å². The quantitative estimate of drug-likeness (QED) is 0.513. The van der Waals surface area contributed by atoms with Gasteiger partial charge in [0.05, 0.1) is 11.6 Å². The van der Waals surface area contributed by atoms with Crippen molar-refractivity contribution in [3.05, 3.63) is 77.6 Å². The normalized spacial score (nSPS) is 17.5. The van der Waals surface area contributed by atoms with Gasteiger partial charge >= 0.3 is 6.18 Å². The monoisotopic (exact) mass is 381 g/mol. The van der Waals surface area contributed by atoms with Crippen molar-refractivity contribution in [1.82, 2.24) is 14.9 Å². The van der Waals surface area contributed by atoms with Gasteiger partial charge < -0.3 is 4.98 Å². The summed E-state index contributed by atoms with van der Waals surface area (Å²) in [6.45, 7) is 1.50. The molecule has 0 bridgehead atoms. The second kappa shape index (κ2) is 7.53. The number of fused-ring (bicyclic) bond motifs is 1. The third-order valence-electron chi connectivity index (χ3n) is 4.81. The fourth-order valence-electron chi connectivity index (χ4n) is 3.31. The molecular weight excluding hydrogens is 363 g/mol. The molecule has 1 atom stereocenters. The van der Waals surface area contributed by atoms with Crippen molar-refractivity contribution in [2.45, 2.75) is 25.2 Å². The summed E-state index contributed by atoms with van der Waals surface area (Å²) in [5.74, 6) is 6.25. The maximum absolute atomic E-state index is 12.7. The number of benzene rings is 1. The Hall–Kier alpha value is -3.04. The Balaban J connectivity index is 1.52. The van der Waals surface area contributed by atoms with Crippen molar-refractivity contribution >= 4 is 11.0 Å². The standard InChI is InChI=1S/C22H18F3N3/c23-22(24,25)18-9-6-16(7-10-18)8-11-19-4-1-2-13-28(19)15-17-14-27-21-20(17)5-3-12-26-21/h1-3,5-7,9-10,12,14,19H,4,13,15H2,(H,26,27). The number of pyridine rings is 1. The zero-order chi connectivity index (χ0) is 19.6. The van der Waals surface area contributed by atoms with Gasteiger partial charge in [-0.2, -0.15) is 13.2 Å². The third-order valence-corrected chi connectivity index (χ3v) is 4.81. The van der Waals surface area contributed by atoms with Crippen LogP contribution in [-0.4, -0.2) is 27.5 Å². The number of H-pyrrole nitrogens is 1. The minimum absolute atomic E-state index is 0.00825. The lowest BCUT2D eigenvalue weighted by Crippen LogP contribution is -2.35. The van der Waals surface area contributed by atoms with E-state index >= 15 is 0 Å². The summed E-state index contributed by atoms with van der Waals surface area (Å²) in [4.78, 5) is 9.76. The highest BCUT2D eigenvalue weighted by molar-refractivity contribution is 5.79. The SMILES string of the molecule is FC(F)(F)c1ccc(C#CC2CC=CCN2Cc2c[nH]c3ncccc23)cc1. The molecule has 3 aromatic rings. The van der Waals surface area contributed by atoms with Gasteiger partial charge in [0.1, 0.15) is 5.65 Å². The van der Waals surface area contributed by atoms with E-state index in [2.05, 4.69) is 38.9 Å². The Labute approximate surface area is 160 Å². The van der Waals surface area contributed by atoms with Crippen LogP contribution in [0.2, 0.25) is 0 Å². The average molecular weight is 381 g/mol. The first-order valence-corrected chi connectivity index (χ1v) is 8.99. The van der Waals surface area contributed by atoms with Gasteiger partial charge in [0.15, 0.2) is 0 Å². The molecular formula is C22H18F3N3. The van der Waals surface area contributed by atoms with Crippen molar-refractivity contribution in [3.63, 3.8) is 0 Å². The molecule has 1 aromatic carbocycles. The van der Waals surface area contributed by atoms with Gasteiger partial charge in [0, 0.05) is 36.4 Å². The number of nitrogens with zero attached hydrogens (tertiary/aromatic N) is 2. The first-order valence-electron chi connectivity index (χ1n) is 8.99. The average Bonchev–Trinajstić information content (AvgIpc) is 3.10. The highest BCUT2D eigenvalue weighted by atomic mass is 19.4. The van der Waals surface area contributed by atoms with E-state index in [1.807, 2.05) is 18.3 Å². The Bertz CT molecular complexity index is 1050. The van der Waals surface area contributed by atoms with Crippen LogP contribution in [0.25, 0.3) is 11.0 Å². The van der Waals surface area contributed by atoms with Gasteiger partial charge in [-0.3, -0.25) is 4.90 Å². The zero-order valence-corrected chi connectivity index (χ0v) is 15.0. The number of rotatable bonds is 2. The van der Waals surface area contributed by atoms with E-state index in [4.69, 9.17) is 0 Å². The summed E-state index contributed by atoms with van der Waals surface area (Å²) in [5.41, 5.74) is 1.93. The molecule has 0 spiro atoms. The molecule has 0 aliphatic carbocycles. The van der Waals surface area contributed by atoms with Gasteiger partial charge in [-0.05, 0) is 48.4 Å². The van der Waals surface area contributed by atoms with Gasteiger partial charge in [0.2, 0.25) is 0 Å². The van der Waals surface area contributed by atoms with Gasteiger partial charge in [-0.15, -0.1) is 0 Å². The smallest absolute Gasteiger partial charge is 0.346 e. The molecule has 1 aliphatic rings. The molecule has 1 N–H and O–H groups in total. The minimum atomic E-state index is -4.33. The molecule has 4 rings (SSSR count). The second-order valence-corrected chi connectivity index (χ2v) is 6.71. The predicted octanol–water partition coefficient (Wildman–Crippen LogP) is 4.76. The van der Waals surface area contributed by atoms with Crippen LogP contribution in [0.1, 0.15) is 23.1 Å². The van der Waals surface area contributed by atoms with Crippen LogP contribution < -0.4 is 0 Å². The molecule has 2 aromatic heterocycles. The van der Waals surface area contributed by atoms with Crippen molar-refractivity contribution in [1.29, 1.82) is 0 Å². The number of hydrogen-bond donors (Lipinski definition) is 1. The van der Waals surface area contributed by atoms with E-state index in [-0.39, 0.29) is 6.04 Å². The lowest BCUT2D eigenvalue weighted by Gasteiger charge is -2.29. The Morgan fingerprint density at radius 3 is 2.75 bits per heavy atom. The fraction of sp³-hybridized carbons (Fsp3) is 0.227. The molecule has 3 heterocycles. The van der Waals surface area contributed by atoms with Crippen LogP contribution >= 0.6 is 0 Å². The van der Waals surface area contributed by atoms with E-state index in [0.717, 1.165) is 48.2 Å². The number of alkyl halides is 3. The van der Waals surface area contributed by atoms with Crippen molar-refractivity contribution < 1.29 is 13.2 Å². The first kappa shape index (κ1) is 18.3. The summed E-state index contributed by atoms with van der Waals surface area (Å²) in [6, 6.07) is 8.94. The maximum Gasteiger partial charge on any atom is 0.416 e. The Kier molecular flexibility index (Phi) is 4.93. The maximum atomic E-state index is 12.7. The summed E-state index contributed by atoms with van der Waals surface area (Å²) < 4.78 is 38.0. The molecule has 0 radical (unpaired) electrons. The van der Waals surface area contributed by atoms with E-state index < -0.39 is 11.7 Å².